The van der Waals surface area contributed by atoms with Crippen molar-refractivity contribution >= 4 is 5.69 Å². The van der Waals surface area contributed by atoms with E-state index in [1.807, 2.05) is 0 Å². The van der Waals surface area contributed by atoms with Crippen molar-refractivity contribution in [1.29, 1.82) is 0 Å². The highest BCUT2D eigenvalue weighted by molar-refractivity contribution is 5.48. The third kappa shape index (κ3) is 2.91. The standard InChI is InChI=1S/C15H22N3O/c1-17-7-6-16-12-15(17)13-2-4-14(5-3-13)18-8-10-19-11-9-18/h2-5,7,15-16H,6,8-12H2,1H3. The molecule has 0 bridgehead atoms. The van der Waals surface area contributed by atoms with Gasteiger partial charge in [0.1, 0.15) is 0 Å². The molecule has 1 unspecified atom stereocenters. The number of nitrogens with zero attached hydrogens (tertiary/aromatic N) is 2. The second kappa shape index (κ2) is 5.90. The Morgan fingerprint density at radius 1 is 1.16 bits per heavy atom. The van der Waals surface area contributed by atoms with Crippen LogP contribution in [-0.2, 0) is 4.74 Å². The molecule has 0 aliphatic carbocycles. The zero-order valence-corrected chi connectivity index (χ0v) is 11.5. The number of likely N-dealkylation sites (N-methyl/N-ethyl adjacent to an activating group) is 1. The third-order valence-corrected chi connectivity index (χ3v) is 4.01. The highest BCUT2D eigenvalue weighted by atomic mass is 16.5. The van der Waals surface area contributed by atoms with Crippen LogP contribution < -0.4 is 10.2 Å². The van der Waals surface area contributed by atoms with E-state index >= 15 is 0 Å². The molecule has 4 heteroatoms. The van der Waals surface area contributed by atoms with Gasteiger partial charge in [0.2, 0.25) is 0 Å². The number of ether oxygens (including phenoxy) is 1. The van der Waals surface area contributed by atoms with Crippen molar-refractivity contribution in [2.45, 2.75) is 6.04 Å². The number of hydrogen-bond donors (Lipinski definition) is 1. The molecule has 19 heavy (non-hydrogen) atoms. The first-order valence-electron chi connectivity index (χ1n) is 7.03. The molecule has 0 aromatic heterocycles. The molecule has 1 atom stereocenters. The van der Waals surface area contributed by atoms with Gasteiger partial charge in [0.15, 0.2) is 0 Å². The summed E-state index contributed by atoms with van der Waals surface area (Å²) in [7, 11) is 2.15. The molecule has 2 aliphatic rings. The molecule has 4 nitrogen and oxygen atoms in total. The van der Waals surface area contributed by atoms with Crippen LogP contribution in [0.5, 0.6) is 0 Å². The molecule has 0 amide bonds. The number of hydrogen-bond acceptors (Lipinski definition) is 4. The van der Waals surface area contributed by atoms with Crippen LogP contribution >= 0.6 is 0 Å². The third-order valence-electron chi connectivity index (χ3n) is 4.01. The van der Waals surface area contributed by atoms with Crippen molar-refractivity contribution in [3.05, 3.63) is 36.4 Å². The monoisotopic (exact) mass is 260 g/mol. The molecule has 2 aliphatic heterocycles. The van der Waals surface area contributed by atoms with Gasteiger partial charge >= 0.3 is 0 Å². The Morgan fingerprint density at radius 3 is 2.58 bits per heavy atom. The number of piperazine rings is 1. The molecule has 103 valence electrons. The molecule has 2 fully saturated rings. The van der Waals surface area contributed by atoms with Gasteiger partial charge in [0.05, 0.1) is 13.2 Å². The Morgan fingerprint density at radius 2 is 1.89 bits per heavy atom. The maximum atomic E-state index is 5.39. The van der Waals surface area contributed by atoms with Gasteiger partial charge in [0, 0.05) is 44.5 Å². The predicted molar refractivity (Wildman–Crippen MR) is 77.1 cm³/mol. The summed E-state index contributed by atoms with van der Waals surface area (Å²) in [6.07, 6.45) is 0. The lowest BCUT2D eigenvalue weighted by Gasteiger charge is -2.33. The number of anilines is 1. The molecular weight excluding hydrogens is 238 g/mol. The van der Waals surface area contributed by atoms with E-state index in [9.17, 15) is 0 Å². The van der Waals surface area contributed by atoms with Crippen LogP contribution in [-0.4, -0.2) is 51.3 Å². The van der Waals surface area contributed by atoms with Crippen molar-refractivity contribution in [3.63, 3.8) is 0 Å². The first-order chi connectivity index (χ1) is 9.34. The van der Waals surface area contributed by atoms with Crippen LogP contribution in [0.1, 0.15) is 11.6 Å². The lowest BCUT2D eigenvalue weighted by molar-refractivity contribution is 0.122. The minimum absolute atomic E-state index is 0.451. The van der Waals surface area contributed by atoms with Gasteiger partial charge in [-0.25, -0.2) is 0 Å². The van der Waals surface area contributed by atoms with Crippen LogP contribution in [0, 0.1) is 6.54 Å². The molecule has 3 rings (SSSR count). The first-order valence-corrected chi connectivity index (χ1v) is 7.03. The van der Waals surface area contributed by atoms with E-state index in [1.54, 1.807) is 0 Å². The molecule has 0 spiro atoms. The van der Waals surface area contributed by atoms with E-state index in [0.717, 1.165) is 39.4 Å². The van der Waals surface area contributed by atoms with Crippen LogP contribution in [0.25, 0.3) is 0 Å². The smallest absolute Gasteiger partial charge is 0.0642 e. The summed E-state index contributed by atoms with van der Waals surface area (Å²) in [4.78, 5) is 4.70. The van der Waals surface area contributed by atoms with E-state index in [0.29, 0.717) is 6.04 Å². The Labute approximate surface area is 115 Å². The van der Waals surface area contributed by atoms with Gasteiger partial charge in [-0.3, -0.25) is 4.90 Å². The highest BCUT2D eigenvalue weighted by Gasteiger charge is 2.20. The Kier molecular flexibility index (Phi) is 4.01. The molecule has 1 radical (unpaired) electrons. The molecule has 0 saturated carbocycles. The SMILES string of the molecule is CN1[CH]CNCC1c1ccc(N2CCOCC2)cc1. The lowest BCUT2D eigenvalue weighted by Crippen LogP contribution is -2.40. The van der Waals surface area contributed by atoms with Gasteiger partial charge in [0.25, 0.3) is 0 Å². The minimum Gasteiger partial charge on any atom is -0.378 e. The maximum Gasteiger partial charge on any atom is 0.0642 e. The van der Waals surface area contributed by atoms with Crippen LogP contribution in [0.4, 0.5) is 5.69 Å². The molecule has 2 saturated heterocycles. The molecule has 2 heterocycles. The van der Waals surface area contributed by atoms with Crippen molar-refractivity contribution < 1.29 is 4.74 Å². The maximum absolute atomic E-state index is 5.39. The summed E-state index contributed by atoms with van der Waals surface area (Å²) in [5.41, 5.74) is 2.69. The van der Waals surface area contributed by atoms with Crippen LogP contribution in [0.2, 0.25) is 0 Å². The fraction of sp³-hybridized carbons (Fsp3) is 0.533. The Hall–Kier alpha value is -1.10. The summed E-state index contributed by atoms with van der Waals surface area (Å²) < 4.78 is 5.39. The zero-order chi connectivity index (χ0) is 13.1. The van der Waals surface area contributed by atoms with Crippen molar-refractivity contribution in [2.75, 3.05) is 51.3 Å². The van der Waals surface area contributed by atoms with Gasteiger partial charge < -0.3 is 15.0 Å². The van der Waals surface area contributed by atoms with Crippen molar-refractivity contribution in [3.8, 4) is 0 Å². The van der Waals surface area contributed by atoms with Gasteiger partial charge in [-0.1, -0.05) is 12.1 Å². The number of nitrogens with one attached hydrogen (secondary N) is 1. The lowest BCUT2D eigenvalue weighted by atomic mass is 10.0. The minimum atomic E-state index is 0.451. The van der Waals surface area contributed by atoms with Crippen LogP contribution in [0.3, 0.4) is 0 Å². The summed E-state index contributed by atoms with van der Waals surface area (Å²) in [6.45, 7) is 7.88. The highest BCUT2D eigenvalue weighted by Crippen LogP contribution is 2.25. The van der Waals surface area contributed by atoms with E-state index in [4.69, 9.17) is 4.74 Å². The number of benzene rings is 1. The molecule has 1 N–H and O–H groups in total. The number of rotatable bonds is 2. The van der Waals surface area contributed by atoms with Crippen LogP contribution in [0.15, 0.2) is 24.3 Å². The average molecular weight is 260 g/mol. The quantitative estimate of drug-likeness (QED) is 0.866. The molecule has 1 aromatic carbocycles. The first kappa shape index (κ1) is 12.9. The summed E-state index contributed by atoms with van der Waals surface area (Å²) in [5, 5.41) is 3.42. The normalized spacial score (nSPS) is 25.5. The molecule has 1 aromatic rings. The summed E-state index contributed by atoms with van der Waals surface area (Å²) >= 11 is 0. The van der Waals surface area contributed by atoms with Crippen molar-refractivity contribution in [1.82, 2.24) is 10.2 Å². The number of morpholine rings is 1. The van der Waals surface area contributed by atoms with Gasteiger partial charge in [-0.2, -0.15) is 0 Å². The topological polar surface area (TPSA) is 27.7 Å². The van der Waals surface area contributed by atoms with Crippen molar-refractivity contribution in [2.24, 2.45) is 0 Å². The average Bonchev–Trinajstić information content (AvgIpc) is 2.49. The summed E-state index contributed by atoms with van der Waals surface area (Å²) in [6, 6.07) is 9.44. The summed E-state index contributed by atoms with van der Waals surface area (Å²) in [5.74, 6) is 0. The Bertz CT molecular complexity index is 400. The zero-order valence-electron chi connectivity index (χ0n) is 11.5. The fourth-order valence-corrected chi connectivity index (χ4v) is 2.78. The van der Waals surface area contributed by atoms with E-state index in [2.05, 4.69) is 53.0 Å². The second-order valence-electron chi connectivity index (χ2n) is 5.21. The van der Waals surface area contributed by atoms with E-state index in [1.165, 1.54) is 11.3 Å². The largest absolute Gasteiger partial charge is 0.378 e. The molecular formula is C15H22N3O. The van der Waals surface area contributed by atoms with E-state index in [-0.39, 0.29) is 0 Å². The van der Waals surface area contributed by atoms with Gasteiger partial charge in [-0.15, -0.1) is 0 Å². The second-order valence-corrected chi connectivity index (χ2v) is 5.21. The Balaban J connectivity index is 1.70. The van der Waals surface area contributed by atoms with E-state index < -0.39 is 0 Å². The fourth-order valence-electron chi connectivity index (χ4n) is 2.78. The predicted octanol–water partition coefficient (Wildman–Crippen LogP) is 1.26. The van der Waals surface area contributed by atoms with Gasteiger partial charge in [-0.05, 0) is 24.7 Å².